The monoisotopic (exact) mass is 420 g/mol. The van der Waals surface area contributed by atoms with E-state index in [2.05, 4.69) is 31.2 Å². The maximum absolute atomic E-state index is 5.73. The van der Waals surface area contributed by atoms with Gasteiger partial charge in [-0.15, -0.1) is 0 Å². The average molecular weight is 421 g/mol. The van der Waals surface area contributed by atoms with Crippen molar-refractivity contribution < 1.29 is 14.5 Å². The van der Waals surface area contributed by atoms with Crippen molar-refractivity contribution in [3.8, 4) is 0 Å². The topological polar surface area (TPSA) is 18.5 Å². The quantitative estimate of drug-likeness (QED) is 0.113. The van der Waals surface area contributed by atoms with Crippen LogP contribution in [0, 0.1) is 0 Å². The Morgan fingerprint density at radius 1 is 0.567 bits per heavy atom. The van der Waals surface area contributed by atoms with Crippen molar-refractivity contribution in [2.75, 3.05) is 20.8 Å². The number of quaternary nitrogens is 1. The summed E-state index contributed by atoms with van der Waals surface area (Å²) in [5.41, 5.74) is 1.25. The van der Waals surface area contributed by atoms with Crippen LogP contribution in [0.1, 0.15) is 115 Å². The van der Waals surface area contributed by atoms with Gasteiger partial charge in [0.05, 0.1) is 14.2 Å². The first-order valence-corrected chi connectivity index (χ1v) is 12.8. The van der Waals surface area contributed by atoms with E-state index >= 15 is 0 Å². The lowest BCUT2D eigenvalue weighted by atomic mass is 10.0. The number of nitrogens with zero attached hydrogens (tertiary/aromatic N) is 1. The predicted octanol–water partition coefficient (Wildman–Crippen LogP) is 8.39. The van der Waals surface area contributed by atoms with Gasteiger partial charge < -0.3 is 0 Å². The average Bonchev–Trinajstić information content (AvgIpc) is 2.78. The maximum atomic E-state index is 5.73. The second-order valence-electron chi connectivity index (χ2n) is 8.85. The zero-order valence-electron chi connectivity index (χ0n) is 20.4. The van der Waals surface area contributed by atoms with Gasteiger partial charge in [-0.05, 0) is 11.2 Å². The number of hydroxylamine groups is 4. The zero-order valence-corrected chi connectivity index (χ0v) is 20.4. The first-order chi connectivity index (χ1) is 14.8. The Labute approximate surface area is 187 Å². The lowest BCUT2D eigenvalue weighted by molar-refractivity contribution is -1.25. The van der Waals surface area contributed by atoms with Gasteiger partial charge in [0.2, 0.25) is 0 Å². The van der Waals surface area contributed by atoms with Crippen molar-refractivity contribution in [2.45, 2.75) is 116 Å². The Morgan fingerprint density at radius 3 is 1.37 bits per heavy atom. The molecule has 0 aliphatic heterocycles. The fourth-order valence-electron chi connectivity index (χ4n) is 4.23. The van der Waals surface area contributed by atoms with Gasteiger partial charge in [-0.3, -0.25) is 0 Å². The van der Waals surface area contributed by atoms with Gasteiger partial charge in [0.15, 0.2) is 6.54 Å². The molecule has 0 bridgehead atoms. The summed E-state index contributed by atoms with van der Waals surface area (Å²) in [6.07, 6.45) is 22.3. The molecule has 0 aromatic heterocycles. The van der Waals surface area contributed by atoms with Crippen LogP contribution in [-0.2, 0) is 16.2 Å². The van der Waals surface area contributed by atoms with E-state index in [9.17, 15) is 0 Å². The maximum Gasteiger partial charge on any atom is 0.168 e. The summed E-state index contributed by atoms with van der Waals surface area (Å²) in [6.45, 7) is 3.95. The van der Waals surface area contributed by atoms with Crippen LogP contribution in [-0.4, -0.2) is 25.6 Å². The van der Waals surface area contributed by atoms with E-state index in [0.29, 0.717) is 0 Å². The fraction of sp³-hybridized carbons (Fsp3) is 0.778. The highest BCUT2D eigenvalue weighted by Crippen LogP contribution is 2.18. The second kappa shape index (κ2) is 18.8. The molecule has 174 valence electrons. The minimum Gasteiger partial charge on any atom is -0.171 e. The van der Waals surface area contributed by atoms with E-state index in [4.69, 9.17) is 9.68 Å². The van der Waals surface area contributed by atoms with Crippen LogP contribution >= 0.6 is 0 Å². The minimum atomic E-state index is 0.253. The highest BCUT2D eigenvalue weighted by atomic mass is 17.0. The Morgan fingerprint density at radius 2 is 0.967 bits per heavy atom. The van der Waals surface area contributed by atoms with Crippen LogP contribution in [0.2, 0.25) is 0 Å². The van der Waals surface area contributed by atoms with Gasteiger partial charge in [0, 0.05) is 12.0 Å². The molecule has 30 heavy (non-hydrogen) atoms. The van der Waals surface area contributed by atoms with Crippen LogP contribution < -0.4 is 0 Å². The molecule has 1 rings (SSSR count). The van der Waals surface area contributed by atoms with Gasteiger partial charge in [0.1, 0.15) is 6.54 Å². The fourth-order valence-corrected chi connectivity index (χ4v) is 4.23. The molecule has 1 aromatic carbocycles. The first-order valence-electron chi connectivity index (χ1n) is 12.8. The molecule has 0 amide bonds. The Kier molecular flexibility index (Phi) is 17.0. The molecule has 3 heteroatoms. The van der Waals surface area contributed by atoms with Gasteiger partial charge in [-0.1, -0.05) is 127 Å². The lowest BCUT2D eigenvalue weighted by Gasteiger charge is -2.30. The van der Waals surface area contributed by atoms with Crippen molar-refractivity contribution in [3.63, 3.8) is 0 Å². The summed E-state index contributed by atoms with van der Waals surface area (Å²) in [5.74, 6) is 0. The first kappa shape index (κ1) is 27.1. The molecule has 0 aliphatic carbocycles. The number of benzene rings is 1. The molecule has 0 atom stereocenters. The zero-order chi connectivity index (χ0) is 21.8. The van der Waals surface area contributed by atoms with Crippen LogP contribution in [0.5, 0.6) is 0 Å². The number of unbranched alkanes of at least 4 members (excludes halogenated alkanes) is 15. The summed E-state index contributed by atoms with van der Waals surface area (Å²) in [5, 5.41) is 0. The molecule has 3 nitrogen and oxygen atoms in total. The molecule has 0 unspecified atom stereocenters. The van der Waals surface area contributed by atoms with Gasteiger partial charge in [0.25, 0.3) is 0 Å². The Balaban J connectivity index is 1.95. The lowest BCUT2D eigenvalue weighted by Crippen LogP contribution is -2.45. The molecular formula is C27H50NO2+. The molecule has 0 fully saturated rings. The molecule has 0 radical (unpaired) electrons. The van der Waals surface area contributed by atoms with E-state index in [0.717, 1.165) is 19.5 Å². The highest BCUT2D eigenvalue weighted by Gasteiger charge is 2.29. The second-order valence-corrected chi connectivity index (χ2v) is 8.85. The third-order valence-electron chi connectivity index (χ3n) is 6.28. The van der Waals surface area contributed by atoms with E-state index in [1.807, 2.05) is 6.07 Å². The van der Waals surface area contributed by atoms with Crippen LogP contribution in [0.3, 0.4) is 0 Å². The van der Waals surface area contributed by atoms with Gasteiger partial charge in [-0.25, -0.2) is 0 Å². The van der Waals surface area contributed by atoms with Crippen molar-refractivity contribution in [1.82, 2.24) is 0 Å². The van der Waals surface area contributed by atoms with Crippen molar-refractivity contribution in [2.24, 2.45) is 0 Å². The van der Waals surface area contributed by atoms with Crippen LogP contribution in [0.4, 0.5) is 0 Å². The molecule has 0 saturated heterocycles. The number of rotatable bonds is 21. The summed E-state index contributed by atoms with van der Waals surface area (Å²) < 4.78 is 0. The van der Waals surface area contributed by atoms with Crippen LogP contribution in [0.25, 0.3) is 0 Å². The minimum absolute atomic E-state index is 0.253. The van der Waals surface area contributed by atoms with Crippen molar-refractivity contribution in [3.05, 3.63) is 35.9 Å². The molecule has 1 aromatic rings. The van der Waals surface area contributed by atoms with E-state index in [1.165, 1.54) is 102 Å². The van der Waals surface area contributed by atoms with Crippen molar-refractivity contribution >= 4 is 0 Å². The molecule has 0 aliphatic rings. The summed E-state index contributed by atoms with van der Waals surface area (Å²) >= 11 is 0. The largest absolute Gasteiger partial charge is 0.171 e. The summed E-state index contributed by atoms with van der Waals surface area (Å²) in [7, 11) is 3.50. The highest BCUT2D eigenvalue weighted by molar-refractivity contribution is 5.13. The molecule has 0 saturated carbocycles. The predicted molar refractivity (Wildman–Crippen MR) is 129 cm³/mol. The van der Waals surface area contributed by atoms with Crippen molar-refractivity contribution in [1.29, 1.82) is 0 Å². The summed E-state index contributed by atoms with van der Waals surface area (Å²) in [6, 6.07) is 10.5. The normalized spacial score (nSPS) is 11.8. The van der Waals surface area contributed by atoms with Gasteiger partial charge >= 0.3 is 0 Å². The Hall–Kier alpha value is -0.900. The SMILES string of the molecule is CCCCCCCCCCCCCCCCCC[N+](Cc1ccccc1)(OC)OC. The van der Waals surface area contributed by atoms with E-state index < -0.39 is 0 Å². The molecule has 0 spiro atoms. The third-order valence-corrected chi connectivity index (χ3v) is 6.28. The molecule has 0 heterocycles. The molecular weight excluding hydrogens is 370 g/mol. The van der Waals surface area contributed by atoms with Crippen LogP contribution in [0.15, 0.2) is 30.3 Å². The number of hydrogen-bond acceptors (Lipinski definition) is 2. The van der Waals surface area contributed by atoms with E-state index in [1.54, 1.807) is 14.2 Å². The third kappa shape index (κ3) is 13.4. The summed E-state index contributed by atoms with van der Waals surface area (Å²) in [4.78, 5) is 11.7. The smallest absolute Gasteiger partial charge is 0.168 e. The Bertz CT molecular complexity index is 473. The number of hydrogen-bond donors (Lipinski definition) is 0. The van der Waals surface area contributed by atoms with Gasteiger partial charge in [-0.2, -0.15) is 9.68 Å². The molecule has 0 N–H and O–H groups in total. The standard InChI is InChI=1S/C27H50NO2/c1-4-5-6-7-8-9-10-11-12-13-14-15-16-17-18-22-25-28(29-2,30-3)26-27-23-20-19-21-24-27/h19-21,23-24H,4-18,22,25-26H2,1-3H3/q+1. The van der Waals surface area contributed by atoms with E-state index in [-0.39, 0.29) is 4.81 Å².